The van der Waals surface area contributed by atoms with Gasteiger partial charge in [0.05, 0.1) is 10.4 Å². The third-order valence-electron chi connectivity index (χ3n) is 4.97. The van der Waals surface area contributed by atoms with Gasteiger partial charge in [-0.2, -0.15) is 9.29 Å². The second kappa shape index (κ2) is 6.68. The Morgan fingerprint density at radius 1 is 1.20 bits per heavy atom. The second-order valence-corrected chi connectivity index (χ2v) is 8.44. The van der Waals surface area contributed by atoms with Crippen molar-refractivity contribution in [2.75, 3.05) is 6.54 Å². The van der Waals surface area contributed by atoms with Crippen molar-refractivity contribution >= 4 is 22.4 Å². The predicted octanol–water partition coefficient (Wildman–Crippen LogP) is 2.36. The van der Waals surface area contributed by atoms with E-state index in [4.69, 9.17) is 10.3 Å². The lowest BCUT2D eigenvalue weighted by Gasteiger charge is -2.34. The average Bonchev–Trinajstić information content (AvgIpc) is 3.22. The molecule has 2 aliphatic rings. The molecular formula is C16H21ClN4O3S. The third-order valence-corrected chi connectivity index (χ3v) is 6.89. The molecule has 0 spiro atoms. The fraction of sp³-hybridized carbons (Fsp3) is 0.500. The summed E-state index contributed by atoms with van der Waals surface area (Å²) in [7, 11) is -3.58. The molecule has 1 unspecified atom stereocenters. The summed E-state index contributed by atoms with van der Waals surface area (Å²) >= 11 is 0. The van der Waals surface area contributed by atoms with Crippen molar-refractivity contribution in [3.8, 4) is 0 Å². The van der Waals surface area contributed by atoms with E-state index in [1.807, 2.05) is 0 Å². The quantitative estimate of drug-likeness (QED) is 0.867. The number of hydrogen-bond donors (Lipinski definition) is 1. The summed E-state index contributed by atoms with van der Waals surface area (Å²) in [6.45, 7) is 0.452. The van der Waals surface area contributed by atoms with Gasteiger partial charge in [-0.25, -0.2) is 8.42 Å². The summed E-state index contributed by atoms with van der Waals surface area (Å²) in [5.41, 5.74) is 5.72. The van der Waals surface area contributed by atoms with Gasteiger partial charge in [0.1, 0.15) is 6.04 Å². The molecule has 1 aromatic carbocycles. The molecule has 0 radical (unpaired) electrons. The first-order valence-corrected chi connectivity index (χ1v) is 9.65. The number of benzene rings is 1. The molecule has 9 heteroatoms. The van der Waals surface area contributed by atoms with Crippen LogP contribution < -0.4 is 5.73 Å². The number of hydrogen-bond acceptors (Lipinski definition) is 6. The lowest BCUT2D eigenvalue weighted by molar-refractivity contribution is 0.227. The molecule has 0 amide bonds. The van der Waals surface area contributed by atoms with Crippen LogP contribution in [0.3, 0.4) is 0 Å². The van der Waals surface area contributed by atoms with Gasteiger partial charge < -0.3 is 10.3 Å². The molecule has 1 saturated heterocycles. The Bertz CT molecular complexity index is 836. The Hall–Kier alpha value is -1.48. The lowest BCUT2D eigenvalue weighted by atomic mass is 9.77. The van der Waals surface area contributed by atoms with Crippen molar-refractivity contribution in [2.45, 2.75) is 48.6 Å². The average molecular weight is 385 g/mol. The van der Waals surface area contributed by atoms with Gasteiger partial charge in [-0.3, -0.25) is 0 Å². The van der Waals surface area contributed by atoms with Crippen molar-refractivity contribution in [3.05, 3.63) is 42.0 Å². The minimum Gasteiger partial charge on any atom is -0.337 e. The predicted molar refractivity (Wildman–Crippen MR) is 93.6 cm³/mol. The molecule has 1 aliphatic heterocycles. The summed E-state index contributed by atoms with van der Waals surface area (Å²) in [6, 6.07) is 8.03. The van der Waals surface area contributed by atoms with Gasteiger partial charge in [0, 0.05) is 6.54 Å². The Morgan fingerprint density at radius 3 is 2.56 bits per heavy atom. The third kappa shape index (κ3) is 3.08. The first-order chi connectivity index (χ1) is 11.5. The number of aromatic nitrogens is 2. The number of halogens is 1. The van der Waals surface area contributed by atoms with E-state index in [1.54, 1.807) is 30.3 Å². The van der Waals surface area contributed by atoms with Gasteiger partial charge in [0.15, 0.2) is 5.82 Å². The van der Waals surface area contributed by atoms with Crippen LogP contribution in [0.15, 0.2) is 39.8 Å². The molecule has 25 heavy (non-hydrogen) atoms. The van der Waals surface area contributed by atoms with E-state index in [1.165, 1.54) is 4.31 Å². The van der Waals surface area contributed by atoms with Crippen LogP contribution in [-0.2, 0) is 15.6 Å². The topological polar surface area (TPSA) is 102 Å². The van der Waals surface area contributed by atoms with Crippen molar-refractivity contribution < 1.29 is 12.9 Å². The van der Waals surface area contributed by atoms with Crippen LogP contribution in [0.4, 0.5) is 0 Å². The Balaban J connectivity index is 0.00000182. The summed E-state index contributed by atoms with van der Waals surface area (Å²) < 4.78 is 32.6. The van der Waals surface area contributed by atoms with E-state index in [9.17, 15) is 8.42 Å². The van der Waals surface area contributed by atoms with Crippen LogP contribution in [-0.4, -0.2) is 29.4 Å². The molecule has 1 atom stereocenters. The monoisotopic (exact) mass is 384 g/mol. The van der Waals surface area contributed by atoms with Crippen LogP contribution in [0.2, 0.25) is 0 Å². The van der Waals surface area contributed by atoms with E-state index in [0.717, 1.165) is 25.7 Å². The zero-order valence-corrected chi connectivity index (χ0v) is 15.3. The molecule has 1 aromatic heterocycles. The van der Waals surface area contributed by atoms with E-state index in [2.05, 4.69) is 10.1 Å². The van der Waals surface area contributed by atoms with E-state index in [0.29, 0.717) is 24.7 Å². The van der Waals surface area contributed by atoms with Crippen LogP contribution in [0.25, 0.3) is 0 Å². The van der Waals surface area contributed by atoms with Crippen LogP contribution in [0, 0.1) is 0 Å². The summed E-state index contributed by atoms with van der Waals surface area (Å²) in [4.78, 5) is 4.72. The highest BCUT2D eigenvalue weighted by Crippen LogP contribution is 2.40. The molecule has 1 saturated carbocycles. The molecule has 1 aliphatic carbocycles. The van der Waals surface area contributed by atoms with Crippen LogP contribution in [0.1, 0.15) is 49.9 Å². The molecule has 7 nitrogen and oxygen atoms in total. The smallest absolute Gasteiger partial charge is 0.245 e. The highest BCUT2D eigenvalue weighted by Gasteiger charge is 2.42. The highest BCUT2D eigenvalue weighted by atomic mass is 35.5. The van der Waals surface area contributed by atoms with Crippen molar-refractivity contribution in [1.29, 1.82) is 0 Å². The van der Waals surface area contributed by atoms with Gasteiger partial charge in [0.2, 0.25) is 15.9 Å². The van der Waals surface area contributed by atoms with Crippen LogP contribution >= 0.6 is 12.4 Å². The number of nitrogens with zero attached hydrogens (tertiary/aromatic N) is 3. The zero-order chi connectivity index (χ0) is 16.8. The molecule has 2 fully saturated rings. The largest absolute Gasteiger partial charge is 0.337 e. The Kier molecular flexibility index (Phi) is 4.89. The molecule has 2 heterocycles. The summed E-state index contributed by atoms with van der Waals surface area (Å²) in [5.74, 6) is 0.839. The lowest BCUT2D eigenvalue weighted by Crippen LogP contribution is -2.44. The van der Waals surface area contributed by atoms with Gasteiger partial charge in [-0.1, -0.05) is 23.4 Å². The first-order valence-electron chi connectivity index (χ1n) is 8.21. The van der Waals surface area contributed by atoms with Crippen molar-refractivity contribution in [2.24, 2.45) is 5.73 Å². The SMILES string of the molecule is Cl.NC1(c2noc(C3CCCN3S(=O)(=O)c3ccccc3)n2)CCC1. The number of nitrogens with two attached hydrogens (primary N) is 1. The molecular weight excluding hydrogens is 364 g/mol. The molecule has 2 N–H and O–H groups in total. The Morgan fingerprint density at radius 2 is 1.92 bits per heavy atom. The van der Waals surface area contributed by atoms with E-state index < -0.39 is 21.6 Å². The first kappa shape index (κ1) is 18.3. The minimum atomic E-state index is -3.58. The maximum Gasteiger partial charge on any atom is 0.245 e. The number of rotatable bonds is 4. The summed E-state index contributed by atoms with van der Waals surface area (Å²) in [5, 5.41) is 4.01. The fourth-order valence-corrected chi connectivity index (χ4v) is 5.03. The molecule has 0 bridgehead atoms. The molecule has 4 rings (SSSR count). The van der Waals surface area contributed by atoms with Gasteiger partial charge in [-0.15, -0.1) is 12.4 Å². The highest BCUT2D eigenvalue weighted by molar-refractivity contribution is 7.89. The number of sulfonamides is 1. The van der Waals surface area contributed by atoms with Crippen molar-refractivity contribution in [1.82, 2.24) is 14.4 Å². The van der Waals surface area contributed by atoms with Crippen molar-refractivity contribution in [3.63, 3.8) is 0 Å². The van der Waals surface area contributed by atoms with E-state index >= 15 is 0 Å². The van der Waals surface area contributed by atoms with Gasteiger partial charge in [0.25, 0.3) is 0 Å². The second-order valence-electron chi connectivity index (χ2n) is 6.55. The maximum absolute atomic E-state index is 12.9. The van der Waals surface area contributed by atoms with Gasteiger partial charge >= 0.3 is 0 Å². The van der Waals surface area contributed by atoms with Gasteiger partial charge in [-0.05, 0) is 44.2 Å². The van der Waals surface area contributed by atoms with E-state index in [-0.39, 0.29) is 17.3 Å². The fourth-order valence-electron chi connectivity index (χ4n) is 3.36. The molecule has 2 aromatic rings. The standard InChI is InChI=1S/C16H20N4O3S.ClH/c17-16(9-5-10-16)15-18-14(23-19-15)13-8-4-11-20(13)24(21,22)12-6-2-1-3-7-12;/h1-3,6-7,13H,4-5,8-11,17H2;1H. The minimum absolute atomic E-state index is 0. The maximum atomic E-state index is 12.9. The summed E-state index contributed by atoms with van der Waals surface area (Å²) in [6.07, 6.45) is 4.16. The molecule has 136 valence electrons. The zero-order valence-electron chi connectivity index (χ0n) is 13.7. The van der Waals surface area contributed by atoms with Crippen LogP contribution in [0.5, 0.6) is 0 Å². The normalized spacial score (nSPS) is 23.0. The Labute approximate surface area is 153 Å².